The molecule has 4 atom stereocenters. The highest BCUT2D eigenvalue weighted by Crippen LogP contribution is 2.30. The van der Waals surface area contributed by atoms with E-state index in [1.165, 1.54) is 0 Å². The lowest BCUT2D eigenvalue weighted by Crippen LogP contribution is -2.35. The highest BCUT2D eigenvalue weighted by Gasteiger charge is 2.50. The molecule has 0 saturated carbocycles. The Kier molecular flexibility index (Phi) is 3.78. The molecule has 0 spiro atoms. The summed E-state index contributed by atoms with van der Waals surface area (Å²) >= 11 is 0. The van der Waals surface area contributed by atoms with Crippen molar-refractivity contribution in [1.82, 2.24) is 0 Å². The van der Waals surface area contributed by atoms with E-state index < -0.39 is 36.4 Å². The molecule has 0 aromatic rings. The van der Waals surface area contributed by atoms with E-state index in [-0.39, 0.29) is 13.2 Å². The number of ether oxygens (including phenoxy) is 4. The third kappa shape index (κ3) is 2.44. The van der Waals surface area contributed by atoms with Crippen LogP contribution in [-0.2, 0) is 28.5 Å². The molecule has 0 N–H and O–H groups in total. The van der Waals surface area contributed by atoms with Crippen LogP contribution in [0.25, 0.3) is 0 Å². The van der Waals surface area contributed by atoms with E-state index in [4.69, 9.17) is 18.9 Å². The molecule has 2 fully saturated rings. The molecule has 6 nitrogen and oxygen atoms in total. The maximum absolute atomic E-state index is 11.1. The number of hydrogen-bond donors (Lipinski definition) is 0. The number of fused-ring (bicyclic) bond motifs is 1. The van der Waals surface area contributed by atoms with Crippen LogP contribution in [0.4, 0.5) is 0 Å². The molecular formula is C12H14O6. The van der Waals surface area contributed by atoms with Crippen molar-refractivity contribution in [2.24, 2.45) is 0 Å². The first kappa shape index (κ1) is 12.8. The summed E-state index contributed by atoms with van der Waals surface area (Å²) in [5.74, 6) is -1.06. The Morgan fingerprint density at radius 1 is 0.944 bits per heavy atom. The van der Waals surface area contributed by atoms with Crippen LogP contribution in [0.15, 0.2) is 25.3 Å². The first-order valence-corrected chi connectivity index (χ1v) is 5.55. The zero-order valence-corrected chi connectivity index (χ0v) is 9.74. The SMILES string of the molecule is C=CC(=O)O[C@H]1COC2C1OC[C@H]2OC(=O)C=C. The molecule has 2 saturated heterocycles. The molecule has 0 radical (unpaired) electrons. The van der Waals surface area contributed by atoms with Gasteiger partial charge in [0.25, 0.3) is 0 Å². The minimum Gasteiger partial charge on any atom is -0.454 e. The van der Waals surface area contributed by atoms with E-state index >= 15 is 0 Å². The molecule has 0 amide bonds. The third-order valence-electron chi connectivity index (χ3n) is 2.83. The van der Waals surface area contributed by atoms with E-state index in [9.17, 15) is 9.59 Å². The van der Waals surface area contributed by atoms with E-state index in [0.29, 0.717) is 0 Å². The minimum absolute atomic E-state index is 0.219. The summed E-state index contributed by atoms with van der Waals surface area (Å²) in [6, 6.07) is 0. The zero-order chi connectivity index (χ0) is 13.1. The molecule has 0 aliphatic carbocycles. The van der Waals surface area contributed by atoms with Gasteiger partial charge in [0.15, 0.2) is 12.2 Å². The number of carbonyl (C=O) groups is 2. The maximum Gasteiger partial charge on any atom is 0.330 e. The van der Waals surface area contributed by atoms with Gasteiger partial charge in [-0.25, -0.2) is 9.59 Å². The van der Waals surface area contributed by atoms with Gasteiger partial charge in [-0.05, 0) is 0 Å². The van der Waals surface area contributed by atoms with Crippen molar-refractivity contribution in [3.8, 4) is 0 Å². The number of hydrogen-bond acceptors (Lipinski definition) is 6. The Hall–Kier alpha value is -1.66. The van der Waals surface area contributed by atoms with Gasteiger partial charge in [-0.3, -0.25) is 0 Å². The van der Waals surface area contributed by atoms with E-state index in [1.807, 2.05) is 0 Å². The van der Waals surface area contributed by atoms with Gasteiger partial charge in [-0.15, -0.1) is 0 Å². The van der Waals surface area contributed by atoms with Gasteiger partial charge < -0.3 is 18.9 Å². The summed E-state index contributed by atoms with van der Waals surface area (Å²) in [6.45, 7) is 7.07. The van der Waals surface area contributed by atoms with E-state index in [1.54, 1.807) is 0 Å². The first-order chi connectivity index (χ1) is 8.65. The first-order valence-electron chi connectivity index (χ1n) is 5.55. The number of esters is 2. The molecule has 0 aromatic heterocycles. The second-order valence-electron chi connectivity index (χ2n) is 3.95. The van der Waals surface area contributed by atoms with Crippen LogP contribution in [0, 0.1) is 0 Å². The van der Waals surface area contributed by atoms with E-state index in [0.717, 1.165) is 12.2 Å². The smallest absolute Gasteiger partial charge is 0.330 e. The molecule has 0 bridgehead atoms. The quantitative estimate of drug-likeness (QED) is 0.518. The standard InChI is InChI=1S/C12H14O6/c1-3-9(13)17-7-5-15-12-8(6-16-11(7)12)18-10(14)4-2/h3-4,7-8,11-12H,1-2,5-6H2/t7-,8+,11?,12?. The lowest BCUT2D eigenvalue weighted by Gasteiger charge is -2.16. The van der Waals surface area contributed by atoms with Gasteiger partial charge >= 0.3 is 11.9 Å². The van der Waals surface area contributed by atoms with Crippen LogP contribution in [0.3, 0.4) is 0 Å². The number of carbonyl (C=O) groups excluding carboxylic acids is 2. The molecule has 2 rings (SSSR count). The highest BCUT2D eigenvalue weighted by atomic mass is 16.7. The summed E-state index contributed by atoms with van der Waals surface area (Å²) in [5, 5.41) is 0. The van der Waals surface area contributed by atoms with Crippen molar-refractivity contribution in [2.45, 2.75) is 24.4 Å². The maximum atomic E-state index is 11.1. The lowest BCUT2D eigenvalue weighted by atomic mass is 10.1. The fourth-order valence-corrected chi connectivity index (χ4v) is 2.03. The molecule has 2 aliphatic heterocycles. The van der Waals surface area contributed by atoms with Crippen molar-refractivity contribution >= 4 is 11.9 Å². The molecule has 2 aliphatic rings. The summed E-state index contributed by atoms with van der Waals surface area (Å²) < 4.78 is 21.1. The van der Waals surface area contributed by atoms with Gasteiger partial charge in [0.2, 0.25) is 0 Å². The van der Waals surface area contributed by atoms with Crippen molar-refractivity contribution in [3.63, 3.8) is 0 Å². The highest BCUT2D eigenvalue weighted by molar-refractivity contribution is 5.81. The Morgan fingerprint density at radius 3 is 1.67 bits per heavy atom. The van der Waals surface area contributed by atoms with E-state index in [2.05, 4.69) is 13.2 Å². The predicted molar refractivity (Wildman–Crippen MR) is 59.6 cm³/mol. The summed E-state index contributed by atoms with van der Waals surface area (Å²) in [6.07, 6.45) is 0.364. The fraction of sp³-hybridized carbons (Fsp3) is 0.500. The summed E-state index contributed by atoms with van der Waals surface area (Å²) in [7, 11) is 0. The summed E-state index contributed by atoms with van der Waals surface area (Å²) in [5.41, 5.74) is 0. The van der Waals surface area contributed by atoms with Crippen LogP contribution in [0.5, 0.6) is 0 Å². The number of rotatable bonds is 4. The fourth-order valence-electron chi connectivity index (χ4n) is 2.03. The molecular weight excluding hydrogens is 240 g/mol. The minimum atomic E-state index is -0.528. The average molecular weight is 254 g/mol. The van der Waals surface area contributed by atoms with Gasteiger partial charge in [0, 0.05) is 12.2 Å². The van der Waals surface area contributed by atoms with Crippen molar-refractivity contribution < 1.29 is 28.5 Å². The Balaban J connectivity index is 1.94. The predicted octanol–water partition coefficient (Wildman–Crippen LogP) is -0.0204. The Bertz CT molecular complexity index is 341. The zero-order valence-electron chi connectivity index (χ0n) is 9.74. The normalized spacial score (nSPS) is 33.6. The third-order valence-corrected chi connectivity index (χ3v) is 2.83. The monoisotopic (exact) mass is 254 g/mol. The van der Waals surface area contributed by atoms with Gasteiger partial charge in [0.1, 0.15) is 12.2 Å². The second kappa shape index (κ2) is 5.32. The van der Waals surface area contributed by atoms with Crippen molar-refractivity contribution in [1.29, 1.82) is 0 Å². The van der Waals surface area contributed by atoms with Gasteiger partial charge in [-0.2, -0.15) is 0 Å². The largest absolute Gasteiger partial charge is 0.454 e. The molecule has 6 heteroatoms. The topological polar surface area (TPSA) is 71.1 Å². The Morgan fingerprint density at radius 2 is 1.33 bits per heavy atom. The molecule has 0 aromatic carbocycles. The van der Waals surface area contributed by atoms with Crippen LogP contribution in [0.1, 0.15) is 0 Å². The molecule has 2 unspecified atom stereocenters. The van der Waals surface area contributed by atoms with Crippen LogP contribution < -0.4 is 0 Å². The summed E-state index contributed by atoms with van der Waals surface area (Å²) in [4.78, 5) is 22.2. The van der Waals surface area contributed by atoms with Crippen molar-refractivity contribution in [3.05, 3.63) is 25.3 Å². The Labute approximate surface area is 104 Å². The molecule has 18 heavy (non-hydrogen) atoms. The van der Waals surface area contributed by atoms with Crippen LogP contribution >= 0.6 is 0 Å². The van der Waals surface area contributed by atoms with Crippen LogP contribution in [-0.4, -0.2) is 49.6 Å². The molecule has 98 valence electrons. The van der Waals surface area contributed by atoms with Gasteiger partial charge in [0.05, 0.1) is 13.2 Å². The molecule has 2 heterocycles. The van der Waals surface area contributed by atoms with Crippen molar-refractivity contribution in [2.75, 3.05) is 13.2 Å². The lowest BCUT2D eigenvalue weighted by molar-refractivity contribution is -0.149. The average Bonchev–Trinajstić information content (AvgIpc) is 2.93. The second-order valence-corrected chi connectivity index (χ2v) is 3.95. The van der Waals surface area contributed by atoms with Gasteiger partial charge in [-0.1, -0.05) is 13.2 Å². The van der Waals surface area contributed by atoms with Crippen LogP contribution in [0.2, 0.25) is 0 Å².